The molecule has 0 spiro atoms. The summed E-state index contributed by atoms with van der Waals surface area (Å²) in [5, 5.41) is 0. The van der Waals surface area contributed by atoms with Crippen LogP contribution in [-0.4, -0.2) is 38.1 Å². The molecule has 0 heterocycles. The second-order valence-corrected chi connectivity index (χ2v) is 5.32. The molecule has 0 amide bonds. The van der Waals surface area contributed by atoms with Crippen molar-refractivity contribution in [3.05, 3.63) is 54.6 Å². The van der Waals surface area contributed by atoms with E-state index in [-0.39, 0.29) is 18.8 Å². The Morgan fingerprint density at radius 1 is 1.09 bits per heavy atom. The van der Waals surface area contributed by atoms with Gasteiger partial charge in [0, 0.05) is 0 Å². The summed E-state index contributed by atoms with van der Waals surface area (Å²) in [6.45, 7) is 6.39. The molecule has 0 fully saturated rings. The van der Waals surface area contributed by atoms with Crippen LogP contribution in [0.3, 0.4) is 0 Å². The number of carbonyl (C=O) groups is 2. The van der Waals surface area contributed by atoms with Gasteiger partial charge in [0.25, 0.3) is 10.1 Å². The van der Waals surface area contributed by atoms with E-state index in [1.807, 2.05) is 0 Å². The van der Waals surface area contributed by atoms with E-state index in [9.17, 15) is 22.6 Å². The molecule has 0 aliphatic heterocycles. The number of carbonyl (C=O) groups excluding carboxylic acids is 2. The first-order valence-corrected chi connectivity index (χ1v) is 7.43. The highest BCUT2D eigenvalue weighted by atomic mass is 32.2. The molecule has 1 N–H and O–H groups in total. The fourth-order valence-corrected chi connectivity index (χ4v) is 2.25. The van der Waals surface area contributed by atoms with Crippen LogP contribution in [-0.2, 0) is 19.6 Å². The van der Waals surface area contributed by atoms with Gasteiger partial charge in [-0.1, -0.05) is 31.4 Å². The molecule has 0 aliphatic carbocycles. The lowest BCUT2D eigenvalue weighted by molar-refractivity contribution is 0.0499. The molecule has 0 aromatic heterocycles. The number of ether oxygens (including phenoxy) is 2. The van der Waals surface area contributed by atoms with Crippen molar-refractivity contribution in [1.82, 2.24) is 0 Å². The molecule has 0 unspecified atom stereocenters. The average molecular weight is 326 g/mol. The lowest BCUT2D eigenvalue weighted by Crippen LogP contribution is -2.18. The third-order valence-electron chi connectivity index (χ3n) is 2.39. The first-order chi connectivity index (χ1) is 10.3. The zero-order valence-electron chi connectivity index (χ0n) is 11.5. The van der Waals surface area contributed by atoms with Gasteiger partial charge in [0.05, 0.1) is 11.1 Å². The van der Waals surface area contributed by atoms with Crippen LogP contribution in [0, 0.1) is 0 Å². The van der Waals surface area contributed by atoms with Crippen molar-refractivity contribution in [2.75, 3.05) is 13.2 Å². The molecule has 1 rings (SSSR count). The summed E-state index contributed by atoms with van der Waals surface area (Å²) in [5.41, 5.74) is -0.938. The summed E-state index contributed by atoms with van der Waals surface area (Å²) >= 11 is 0. The molecule has 7 nitrogen and oxygen atoms in total. The van der Waals surface area contributed by atoms with Crippen LogP contribution in [0.1, 0.15) is 20.7 Å². The maximum absolute atomic E-state index is 12.0. The minimum Gasteiger partial charge on any atom is -0.458 e. The summed E-state index contributed by atoms with van der Waals surface area (Å²) < 4.78 is 41.5. The van der Waals surface area contributed by atoms with Crippen LogP contribution in [0.5, 0.6) is 0 Å². The number of hydrogen-bond donors (Lipinski definition) is 1. The number of rotatable bonds is 7. The van der Waals surface area contributed by atoms with Crippen LogP contribution in [0.4, 0.5) is 0 Å². The fraction of sp³-hybridized carbons (Fsp3) is 0.143. The number of esters is 2. The Labute approximate surface area is 127 Å². The number of hydrogen-bond acceptors (Lipinski definition) is 6. The van der Waals surface area contributed by atoms with Gasteiger partial charge >= 0.3 is 11.9 Å². The smallest absolute Gasteiger partial charge is 0.340 e. The second kappa shape index (κ2) is 7.53. The van der Waals surface area contributed by atoms with Gasteiger partial charge in [-0.05, 0) is 12.1 Å². The quantitative estimate of drug-likeness (QED) is 0.461. The summed E-state index contributed by atoms with van der Waals surface area (Å²) in [6.07, 6.45) is 2.57. The zero-order chi connectivity index (χ0) is 16.8. The SMILES string of the molecule is C=CCOC(=O)c1cccc(S(=O)(=O)O)c1C(=O)OCC=C. The Morgan fingerprint density at radius 2 is 1.64 bits per heavy atom. The molecule has 1 aromatic rings. The average Bonchev–Trinajstić information content (AvgIpc) is 2.48. The molecule has 0 atom stereocenters. The van der Waals surface area contributed by atoms with Crippen LogP contribution in [0.15, 0.2) is 48.4 Å². The maximum Gasteiger partial charge on any atom is 0.340 e. The van der Waals surface area contributed by atoms with Gasteiger partial charge in [-0.3, -0.25) is 4.55 Å². The minimum absolute atomic E-state index is 0.129. The molecular weight excluding hydrogens is 312 g/mol. The highest BCUT2D eigenvalue weighted by Crippen LogP contribution is 2.22. The van der Waals surface area contributed by atoms with E-state index in [1.165, 1.54) is 24.3 Å². The normalized spacial score (nSPS) is 10.6. The van der Waals surface area contributed by atoms with Crippen molar-refractivity contribution in [3.63, 3.8) is 0 Å². The van der Waals surface area contributed by atoms with Gasteiger partial charge < -0.3 is 9.47 Å². The largest absolute Gasteiger partial charge is 0.458 e. The highest BCUT2D eigenvalue weighted by molar-refractivity contribution is 7.86. The van der Waals surface area contributed by atoms with Gasteiger partial charge in [0.1, 0.15) is 18.1 Å². The Kier molecular flexibility index (Phi) is 6.02. The Morgan fingerprint density at radius 3 is 2.14 bits per heavy atom. The first-order valence-electron chi connectivity index (χ1n) is 5.99. The molecule has 0 radical (unpaired) electrons. The third-order valence-corrected chi connectivity index (χ3v) is 3.29. The molecular formula is C14H14O7S. The van der Waals surface area contributed by atoms with Gasteiger partial charge in [0.2, 0.25) is 0 Å². The first kappa shape index (κ1) is 17.6. The molecule has 118 valence electrons. The topological polar surface area (TPSA) is 107 Å². The van der Waals surface area contributed by atoms with Crippen LogP contribution in [0.2, 0.25) is 0 Å². The lowest BCUT2D eigenvalue weighted by Gasteiger charge is -2.11. The predicted molar refractivity (Wildman–Crippen MR) is 77.2 cm³/mol. The van der Waals surface area contributed by atoms with Crippen LogP contribution in [0.25, 0.3) is 0 Å². The third kappa shape index (κ3) is 4.27. The van der Waals surface area contributed by atoms with Crippen molar-refractivity contribution < 1.29 is 32.0 Å². The van der Waals surface area contributed by atoms with E-state index < -0.39 is 32.5 Å². The summed E-state index contributed by atoms with van der Waals surface area (Å²) in [4.78, 5) is 23.2. The fourth-order valence-electron chi connectivity index (χ4n) is 1.55. The molecule has 0 saturated carbocycles. The minimum atomic E-state index is -4.73. The zero-order valence-corrected chi connectivity index (χ0v) is 12.3. The van der Waals surface area contributed by atoms with E-state index in [2.05, 4.69) is 13.2 Å². The van der Waals surface area contributed by atoms with Crippen molar-refractivity contribution in [3.8, 4) is 0 Å². The van der Waals surface area contributed by atoms with Crippen molar-refractivity contribution in [2.24, 2.45) is 0 Å². The standard InChI is InChI=1S/C14H14O7S/c1-3-8-20-13(15)10-6-5-7-11(22(17,18)19)12(10)14(16)21-9-4-2/h3-7H,1-2,8-9H2,(H,17,18,19). The summed E-state index contributed by atoms with van der Waals surface area (Å²) in [6, 6.07) is 3.35. The Balaban J connectivity index is 3.43. The lowest BCUT2D eigenvalue weighted by atomic mass is 10.1. The van der Waals surface area contributed by atoms with E-state index in [0.717, 1.165) is 6.07 Å². The van der Waals surface area contributed by atoms with Crippen molar-refractivity contribution in [2.45, 2.75) is 4.90 Å². The van der Waals surface area contributed by atoms with Gasteiger partial charge in [-0.15, -0.1) is 0 Å². The summed E-state index contributed by atoms with van der Waals surface area (Å²) in [5.74, 6) is -2.05. The van der Waals surface area contributed by atoms with E-state index in [0.29, 0.717) is 0 Å². The van der Waals surface area contributed by atoms with Crippen molar-refractivity contribution in [1.29, 1.82) is 0 Å². The molecule has 0 saturated heterocycles. The van der Waals surface area contributed by atoms with E-state index in [4.69, 9.17) is 9.47 Å². The van der Waals surface area contributed by atoms with E-state index >= 15 is 0 Å². The van der Waals surface area contributed by atoms with Crippen LogP contribution >= 0.6 is 0 Å². The van der Waals surface area contributed by atoms with Gasteiger partial charge in [-0.2, -0.15) is 8.42 Å². The highest BCUT2D eigenvalue weighted by Gasteiger charge is 2.28. The van der Waals surface area contributed by atoms with Gasteiger partial charge in [-0.25, -0.2) is 9.59 Å². The Hall–Kier alpha value is -2.45. The number of benzene rings is 1. The van der Waals surface area contributed by atoms with Crippen LogP contribution < -0.4 is 0 Å². The summed E-state index contributed by atoms with van der Waals surface area (Å²) in [7, 11) is -4.73. The molecule has 22 heavy (non-hydrogen) atoms. The molecule has 8 heteroatoms. The predicted octanol–water partition coefficient (Wildman–Crippen LogP) is 1.62. The van der Waals surface area contributed by atoms with Crippen molar-refractivity contribution >= 4 is 22.1 Å². The monoisotopic (exact) mass is 326 g/mol. The molecule has 0 aliphatic rings. The second-order valence-electron chi connectivity index (χ2n) is 3.93. The van der Waals surface area contributed by atoms with E-state index in [1.54, 1.807) is 0 Å². The molecule has 1 aromatic carbocycles. The maximum atomic E-state index is 12.0. The van der Waals surface area contributed by atoms with Gasteiger partial charge in [0.15, 0.2) is 0 Å². The Bertz CT molecular complexity index is 704. The molecule has 0 bridgehead atoms.